The molecule has 0 unspecified atom stereocenters. The van der Waals surface area contributed by atoms with Gasteiger partial charge in [0.05, 0.1) is 35.5 Å². The monoisotopic (exact) mass is 595 g/mol. The zero-order valence-corrected chi connectivity index (χ0v) is 24.3. The summed E-state index contributed by atoms with van der Waals surface area (Å²) in [6.07, 6.45) is 1.69. The number of nitrogens with zero attached hydrogens (tertiary/aromatic N) is 2. The average molecular weight is 596 g/mol. The summed E-state index contributed by atoms with van der Waals surface area (Å²) < 4.78 is 25.1. The summed E-state index contributed by atoms with van der Waals surface area (Å²) in [6.45, 7) is 6.47. The molecule has 1 atom stereocenters. The van der Waals surface area contributed by atoms with Crippen LogP contribution in [0.3, 0.4) is 0 Å². The summed E-state index contributed by atoms with van der Waals surface area (Å²) in [4.78, 5) is 13.4. The Kier molecular flexibility index (Phi) is 9.49. The van der Waals surface area contributed by atoms with Gasteiger partial charge in [0.15, 0.2) is 11.5 Å². The quantitative estimate of drug-likeness (QED) is 0.203. The van der Waals surface area contributed by atoms with Crippen LogP contribution in [-0.4, -0.2) is 40.6 Å². The van der Waals surface area contributed by atoms with Crippen molar-refractivity contribution in [2.75, 3.05) is 19.8 Å². The molecule has 3 N–H and O–H groups in total. The van der Waals surface area contributed by atoms with Crippen LogP contribution in [0.25, 0.3) is 5.69 Å². The van der Waals surface area contributed by atoms with E-state index >= 15 is 0 Å². The summed E-state index contributed by atoms with van der Waals surface area (Å²) in [5.74, 6) is 2.08. The van der Waals surface area contributed by atoms with Crippen LogP contribution in [-0.2, 0) is 19.8 Å². The van der Waals surface area contributed by atoms with Gasteiger partial charge < -0.3 is 34.5 Å². The lowest BCUT2D eigenvalue weighted by Crippen LogP contribution is -2.33. The molecule has 0 fully saturated rings. The van der Waals surface area contributed by atoms with Gasteiger partial charge >= 0.3 is 0 Å². The van der Waals surface area contributed by atoms with E-state index in [9.17, 15) is 20.3 Å². The normalized spacial score (nSPS) is 12.7. The van der Waals surface area contributed by atoms with Gasteiger partial charge in [-0.15, -0.1) is 0 Å². The van der Waals surface area contributed by atoms with Crippen molar-refractivity contribution in [3.63, 3.8) is 0 Å². The van der Waals surface area contributed by atoms with Gasteiger partial charge in [-0.3, -0.25) is 9.36 Å². The van der Waals surface area contributed by atoms with E-state index in [4.69, 9.17) is 18.9 Å². The zero-order valence-electron chi connectivity index (χ0n) is 24.3. The van der Waals surface area contributed by atoms with E-state index in [2.05, 4.69) is 18.0 Å². The van der Waals surface area contributed by atoms with E-state index < -0.39 is 6.04 Å². The summed E-state index contributed by atoms with van der Waals surface area (Å²) >= 11 is 0. The largest absolute Gasteiger partial charge is 0.511 e. The van der Waals surface area contributed by atoms with Crippen molar-refractivity contribution >= 4 is 0 Å². The van der Waals surface area contributed by atoms with Gasteiger partial charge in [0, 0.05) is 30.4 Å². The molecular formula is C34H33N3O7. The molecule has 5 rings (SSSR count). The molecule has 3 aromatic carbocycles. The molecular weight excluding hydrogens is 562 g/mol. The first-order chi connectivity index (χ1) is 21.4. The Hall–Kier alpha value is -5.24. The zero-order chi connectivity index (χ0) is 31.1. The third-order valence-electron chi connectivity index (χ3n) is 7.15. The average Bonchev–Trinajstić information content (AvgIpc) is 3.04. The number of hydrogen-bond acceptors (Lipinski definition) is 9. The van der Waals surface area contributed by atoms with Crippen molar-refractivity contribution in [1.82, 2.24) is 9.88 Å². The molecule has 0 saturated heterocycles. The number of benzene rings is 3. The molecule has 0 saturated carbocycles. The van der Waals surface area contributed by atoms with Crippen LogP contribution in [0.15, 0.2) is 90.1 Å². The summed E-state index contributed by atoms with van der Waals surface area (Å²) in [7, 11) is 0. The lowest BCUT2D eigenvalue weighted by atomic mass is 10.1. The minimum absolute atomic E-state index is 0.0171. The number of nitriles is 1. The second-order valence-electron chi connectivity index (χ2n) is 10.3. The molecule has 0 bridgehead atoms. The second kappa shape index (κ2) is 13.8. The van der Waals surface area contributed by atoms with Gasteiger partial charge in [-0.05, 0) is 60.5 Å². The topological polar surface area (TPSA) is 135 Å². The molecule has 44 heavy (non-hydrogen) atoms. The van der Waals surface area contributed by atoms with Crippen LogP contribution in [0.4, 0.5) is 0 Å². The molecule has 1 aliphatic heterocycles. The summed E-state index contributed by atoms with van der Waals surface area (Å²) in [5, 5.41) is 31.7. The highest BCUT2D eigenvalue weighted by atomic mass is 16.6. The van der Waals surface area contributed by atoms with Crippen molar-refractivity contribution in [2.24, 2.45) is 0 Å². The molecule has 0 radical (unpaired) electrons. The highest BCUT2D eigenvalue weighted by Crippen LogP contribution is 2.32. The van der Waals surface area contributed by atoms with Crippen molar-refractivity contribution in [1.29, 1.82) is 5.26 Å². The van der Waals surface area contributed by atoms with Crippen molar-refractivity contribution in [2.45, 2.75) is 32.7 Å². The van der Waals surface area contributed by atoms with E-state index in [1.165, 1.54) is 4.57 Å². The number of aromatic nitrogens is 1. The molecule has 10 heteroatoms. The standard InChI is InChI=1S/C34H33N3O7/c1-22-13-27(18-36-29(19-38)23(2)39)32(43-20-25-6-3-5-24(14-25)17-35)16-31(22)44-21-26-7-4-10-37(34(26)40)28-8-9-30-33(15-28)42-12-11-41-30/h3-10,13-16,29,36,38-39H,2,11-12,18-21H2,1H3/t29-/m1/s1. The number of rotatable bonds is 12. The van der Waals surface area contributed by atoms with Crippen LogP contribution in [0.2, 0.25) is 0 Å². The van der Waals surface area contributed by atoms with Crippen LogP contribution in [0, 0.1) is 18.3 Å². The number of aliphatic hydroxyl groups is 2. The Morgan fingerprint density at radius 3 is 2.59 bits per heavy atom. The summed E-state index contributed by atoms with van der Waals surface area (Å²) in [5.41, 5.74) is 3.77. The maximum absolute atomic E-state index is 13.4. The molecule has 10 nitrogen and oxygen atoms in total. The third kappa shape index (κ3) is 7.03. The fourth-order valence-electron chi connectivity index (χ4n) is 4.76. The maximum atomic E-state index is 13.4. The molecule has 2 heterocycles. The van der Waals surface area contributed by atoms with Crippen LogP contribution >= 0.6 is 0 Å². The van der Waals surface area contributed by atoms with E-state index in [1.807, 2.05) is 19.1 Å². The lowest BCUT2D eigenvalue weighted by molar-refractivity contribution is 0.171. The molecule has 1 aliphatic rings. The predicted octanol–water partition coefficient (Wildman–Crippen LogP) is 4.47. The molecule has 0 amide bonds. The third-order valence-corrected chi connectivity index (χ3v) is 7.15. The van der Waals surface area contributed by atoms with Crippen molar-refractivity contribution in [3.05, 3.63) is 123 Å². The Labute approximate surface area is 254 Å². The molecule has 4 aromatic rings. The fourth-order valence-corrected chi connectivity index (χ4v) is 4.76. The number of nitrogens with one attached hydrogen (secondary N) is 1. The fraction of sp³-hybridized carbons (Fsp3) is 0.235. The van der Waals surface area contributed by atoms with E-state index in [1.54, 1.807) is 60.8 Å². The Morgan fingerprint density at radius 1 is 1.02 bits per heavy atom. The van der Waals surface area contributed by atoms with Gasteiger partial charge in [-0.25, -0.2) is 0 Å². The first-order valence-electron chi connectivity index (χ1n) is 14.1. The summed E-state index contributed by atoms with van der Waals surface area (Å²) in [6, 6.07) is 21.1. The number of hydrogen-bond donors (Lipinski definition) is 3. The highest BCUT2D eigenvalue weighted by molar-refractivity contribution is 5.50. The maximum Gasteiger partial charge on any atom is 0.261 e. The Balaban J connectivity index is 1.38. The van der Waals surface area contributed by atoms with Gasteiger partial charge in [0.25, 0.3) is 5.56 Å². The number of pyridine rings is 1. The van der Waals surface area contributed by atoms with Crippen LogP contribution < -0.4 is 29.8 Å². The van der Waals surface area contributed by atoms with Gasteiger partial charge in [-0.1, -0.05) is 18.7 Å². The first kappa shape index (κ1) is 30.2. The van der Waals surface area contributed by atoms with Crippen molar-refractivity contribution < 1.29 is 29.2 Å². The van der Waals surface area contributed by atoms with E-state index in [-0.39, 0.29) is 37.7 Å². The van der Waals surface area contributed by atoms with Gasteiger partial charge in [0.2, 0.25) is 0 Å². The minimum Gasteiger partial charge on any atom is -0.511 e. The number of aliphatic hydroxyl groups excluding tert-OH is 2. The first-order valence-corrected chi connectivity index (χ1v) is 14.1. The van der Waals surface area contributed by atoms with Crippen LogP contribution in [0.5, 0.6) is 23.0 Å². The number of ether oxygens (including phenoxy) is 4. The SMILES string of the molecule is C=C(O)[C@@H](CO)NCc1cc(C)c(OCc2cccn(-c3ccc4c(c3)OCCO4)c2=O)cc1OCc1cccc(C#N)c1. The number of aryl methyl sites for hydroxylation is 1. The van der Waals surface area contributed by atoms with Gasteiger partial charge in [0.1, 0.15) is 43.7 Å². The lowest BCUT2D eigenvalue weighted by Gasteiger charge is -2.20. The molecule has 0 aliphatic carbocycles. The van der Waals surface area contributed by atoms with E-state index in [0.717, 1.165) is 16.7 Å². The van der Waals surface area contributed by atoms with Crippen LogP contribution in [0.1, 0.15) is 27.8 Å². The highest BCUT2D eigenvalue weighted by Gasteiger charge is 2.17. The number of fused-ring (bicyclic) bond motifs is 1. The molecule has 1 aromatic heterocycles. The molecule has 226 valence electrons. The smallest absolute Gasteiger partial charge is 0.261 e. The predicted molar refractivity (Wildman–Crippen MR) is 164 cm³/mol. The van der Waals surface area contributed by atoms with Crippen molar-refractivity contribution in [3.8, 4) is 34.8 Å². The second-order valence-corrected chi connectivity index (χ2v) is 10.3. The van der Waals surface area contributed by atoms with Gasteiger partial charge in [-0.2, -0.15) is 5.26 Å². The van der Waals surface area contributed by atoms with E-state index in [0.29, 0.717) is 53.0 Å². The molecule has 0 spiro atoms. The minimum atomic E-state index is -0.708. The Bertz CT molecular complexity index is 1760. The Morgan fingerprint density at radius 2 is 1.82 bits per heavy atom.